The molecule has 0 bridgehead atoms. The van der Waals surface area contributed by atoms with Gasteiger partial charge in [-0.2, -0.15) is 0 Å². The third kappa shape index (κ3) is 7.60. The molecule has 0 heterocycles. The highest BCUT2D eigenvalue weighted by molar-refractivity contribution is 5.94. The van der Waals surface area contributed by atoms with Crippen molar-refractivity contribution in [1.82, 2.24) is 0 Å². The zero-order valence-electron chi connectivity index (χ0n) is 24.5. The van der Waals surface area contributed by atoms with Crippen LogP contribution in [0.5, 0.6) is 23.0 Å². The molecule has 0 spiro atoms. The van der Waals surface area contributed by atoms with Gasteiger partial charge in [0.1, 0.15) is 23.1 Å². The van der Waals surface area contributed by atoms with E-state index in [1.165, 1.54) is 64.1 Å². The Labute approximate surface area is 252 Å². The van der Waals surface area contributed by atoms with E-state index in [0.29, 0.717) is 0 Å². The second-order valence-corrected chi connectivity index (χ2v) is 9.79. The summed E-state index contributed by atoms with van der Waals surface area (Å²) in [5, 5.41) is 0. The number of halogens is 2. The fraction of sp³-hybridized carbons (Fsp3) is 0.118. The van der Waals surface area contributed by atoms with Crippen LogP contribution >= 0.6 is 0 Å². The predicted molar refractivity (Wildman–Crippen MR) is 159 cm³/mol. The minimum atomic E-state index is -1.26. The lowest BCUT2D eigenvalue weighted by atomic mass is 9.96. The van der Waals surface area contributed by atoms with Crippen molar-refractivity contribution in [3.05, 3.63) is 109 Å². The fourth-order valence-corrected chi connectivity index (χ4v) is 3.47. The maximum absolute atomic E-state index is 16.5. The molecule has 0 aliphatic carbocycles. The highest BCUT2D eigenvalue weighted by atomic mass is 19.1. The molecule has 0 aliphatic heterocycles. The topological polar surface area (TPSA) is 105 Å². The van der Waals surface area contributed by atoms with E-state index in [-0.39, 0.29) is 44.9 Å². The van der Waals surface area contributed by atoms with Gasteiger partial charge in [-0.1, -0.05) is 38.4 Å². The second-order valence-electron chi connectivity index (χ2n) is 9.79. The van der Waals surface area contributed by atoms with Gasteiger partial charge in [0.2, 0.25) is 0 Å². The predicted octanol–water partition coefficient (Wildman–Crippen LogP) is 7.22. The molecule has 3 aromatic carbocycles. The Morgan fingerprint density at radius 1 is 0.568 bits per heavy atom. The van der Waals surface area contributed by atoms with E-state index < -0.39 is 58.1 Å². The molecule has 226 valence electrons. The summed E-state index contributed by atoms with van der Waals surface area (Å²) in [5.74, 6) is -6.85. The fourth-order valence-electron chi connectivity index (χ4n) is 3.47. The van der Waals surface area contributed by atoms with Crippen molar-refractivity contribution in [2.24, 2.45) is 0 Å². The number of hydrogen-bond acceptors (Lipinski definition) is 8. The zero-order valence-corrected chi connectivity index (χ0v) is 24.5. The van der Waals surface area contributed by atoms with Crippen molar-refractivity contribution in [3.8, 4) is 45.3 Å². The maximum atomic E-state index is 16.5. The Morgan fingerprint density at radius 3 is 1.52 bits per heavy atom. The van der Waals surface area contributed by atoms with Crippen LogP contribution in [0.15, 0.2) is 97.1 Å². The molecule has 0 atom stereocenters. The highest BCUT2D eigenvalue weighted by Crippen LogP contribution is 2.46. The summed E-state index contributed by atoms with van der Waals surface area (Å²) in [5.41, 5.74) is -0.692. The summed E-state index contributed by atoms with van der Waals surface area (Å²) in [6.45, 7) is 19.6. The lowest BCUT2D eigenvalue weighted by Gasteiger charge is -2.19. The normalized spacial score (nSPS) is 10.3. The summed E-state index contributed by atoms with van der Waals surface area (Å²) >= 11 is 0. The Hall–Kier alpha value is -5.64. The molecular formula is C34H28F2O8. The Morgan fingerprint density at radius 2 is 1.02 bits per heavy atom. The number of hydrogen-bond donors (Lipinski definition) is 0. The van der Waals surface area contributed by atoms with Crippen LogP contribution in [0.3, 0.4) is 0 Å². The van der Waals surface area contributed by atoms with E-state index in [9.17, 15) is 19.2 Å². The smallest absolute Gasteiger partial charge is 0.338 e. The van der Waals surface area contributed by atoms with Crippen LogP contribution in [-0.2, 0) is 19.2 Å². The van der Waals surface area contributed by atoms with E-state index in [1.807, 2.05) is 0 Å². The van der Waals surface area contributed by atoms with Crippen molar-refractivity contribution in [2.45, 2.75) is 27.7 Å². The van der Waals surface area contributed by atoms with Gasteiger partial charge in [-0.25, -0.2) is 28.0 Å². The van der Waals surface area contributed by atoms with Crippen LogP contribution < -0.4 is 18.9 Å². The Kier molecular flexibility index (Phi) is 10.1. The largest absolute Gasteiger partial charge is 0.423 e. The molecule has 0 N–H and O–H groups in total. The van der Waals surface area contributed by atoms with Crippen LogP contribution in [0.25, 0.3) is 22.3 Å². The van der Waals surface area contributed by atoms with E-state index in [0.717, 1.165) is 12.1 Å². The van der Waals surface area contributed by atoms with Gasteiger partial charge in [0.05, 0.1) is 5.56 Å². The number of carbonyl (C=O) groups is 4. The SMILES string of the molecule is C=C(C)C(=O)Oc1ccc(-c2cc(OC(=O)C(=C)C)c(-c3ccc(OC(=O)C(=C)C)cc3F)c(F)c2OC(=O)C(=C)C)cc1. The van der Waals surface area contributed by atoms with Crippen molar-refractivity contribution in [3.63, 3.8) is 0 Å². The van der Waals surface area contributed by atoms with Crippen LogP contribution in [0.4, 0.5) is 8.78 Å². The van der Waals surface area contributed by atoms with Crippen LogP contribution in [-0.4, -0.2) is 23.9 Å². The van der Waals surface area contributed by atoms with Crippen LogP contribution in [0.2, 0.25) is 0 Å². The lowest BCUT2D eigenvalue weighted by molar-refractivity contribution is -0.131. The highest BCUT2D eigenvalue weighted by Gasteiger charge is 2.28. The summed E-state index contributed by atoms with van der Waals surface area (Å²) in [6.07, 6.45) is 0. The average molecular weight is 603 g/mol. The number of rotatable bonds is 10. The summed E-state index contributed by atoms with van der Waals surface area (Å²) < 4.78 is 53.0. The maximum Gasteiger partial charge on any atom is 0.338 e. The van der Waals surface area contributed by atoms with Gasteiger partial charge < -0.3 is 18.9 Å². The molecule has 0 aromatic heterocycles. The Balaban J connectivity index is 2.29. The quantitative estimate of drug-likeness (QED) is 0.136. The van der Waals surface area contributed by atoms with Crippen LogP contribution in [0.1, 0.15) is 27.7 Å². The molecule has 10 heteroatoms. The first-order valence-corrected chi connectivity index (χ1v) is 12.9. The van der Waals surface area contributed by atoms with Gasteiger partial charge in [0, 0.05) is 39.5 Å². The number of ether oxygens (including phenoxy) is 4. The van der Waals surface area contributed by atoms with Gasteiger partial charge in [-0.3, -0.25) is 0 Å². The van der Waals surface area contributed by atoms with Gasteiger partial charge in [0.25, 0.3) is 0 Å². The van der Waals surface area contributed by atoms with Crippen molar-refractivity contribution in [1.29, 1.82) is 0 Å². The molecular weight excluding hydrogens is 574 g/mol. The second kappa shape index (κ2) is 13.6. The van der Waals surface area contributed by atoms with Crippen molar-refractivity contribution in [2.75, 3.05) is 0 Å². The average Bonchev–Trinajstić information content (AvgIpc) is 2.95. The molecule has 0 unspecified atom stereocenters. The Bertz CT molecular complexity index is 1750. The molecule has 0 saturated carbocycles. The van der Waals surface area contributed by atoms with Crippen LogP contribution in [0, 0.1) is 11.6 Å². The van der Waals surface area contributed by atoms with E-state index in [1.54, 1.807) is 0 Å². The molecule has 3 rings (SSSR count). The lowest BCUT2D eigenvalue weighted by Crippen LogP contribution is -2.14. The summed E-state index contributed by atoms with van der Waals surface area (Å²) in [7, 11) is 0. The van der Waals surface area contributed by atoms with E-state index >= 15 is 8.78 Å². The van der Waals surface area contributed by atoms with Gasteiger partial charge in [0.15, 0.2) is 11.6 Å². The number of benzene rings is 3. The van der Waals surface area contributed by atoms with Gasteiger partial charge in [-0.05, 0) is 63.6 Å². The van der Waals surface area contributed by atoms with E-state index in [2.05, 4.69) is 26.3 Å². The molecule has 0 aliphatic rings. The third-order valence-electron chi connectivity index (χ3n) is 5.77. The van der Waals surface area contributed by atoms with Crippen molar-refractivity contribution < 1.29 is 46.9 Å². The van der Waals surface area contributed by atoms with Gasteiger partial charge >= 0.3 is 23.9 Å². The molecule has 0 saturated heterocycles. The molecule has 0 radical (unpaired) electrons. The molecule has 0 amide bonds. The number of carbonyl (C=O) groups excluding carboxylic acids is 4. The molecule has 8 nitrogen and oxygen atoms in total. The molecule has 3 aromatic rings. The molecule has 0 fully saturated rings. The first-order chi connectivity index (χ1) is 20.6. The summed E-state index contributed by atoms with van der Waals surface area (Å²) in [6, 6.07) is 9.98. The number of esters is 4. The third-order valence-corrected chi connectivity index (χ3v) is 5.77. The minimum Gasteiger partial charge on any atom is -0.423 e. The molecule has 44 heavy (non-hydrogen) atoms. The minimum absolute atomic E-state index is 0.0399. The first kappa shape index (κ1) is 32.9. The zero-order chi connectivity index (χ0) is 32.9. The van der Waals surface area contributed by atoms with E-state index in [4.69, 9.17) is 18.9 Å². The standard InChI is InChI=1S/C34H28F2O8/c1-17(2)31(37)41-22-11-9-21(10-12-22)25-16-27(43-33(39)19(5)6)28(29(36)30(25)44-34(40)20(7)8)24-14-13-23(15-26(24)35)42-32(38)18(3)4/h9-16H,1,3,5,7H2,2,4,6,8H3. The monoisotopic (exact) mass is 602 g/mol. The van der Waals surface area contributed by atoms with Crippen molar-refractivity contribution >= 4 is 23.9 Å². The first-order valence-electron chi connectivity index (χ1n) is 12.9. The van der Waals surface area contributed by atoms with Gasteiger partial charge in [-0.15, -0.1) is 0 Å². The summed E-state index contributed by atoms with van der Waals surface area (Å²) in [4.78, 5) is 49.0.